The molecule has 6 heteroatoms. The Labute approximate surface area is 112 Å². The molecule has 0 bridgehead atoms. The fourth-order valence-electron chi connectivity index (χ4n) is 2.27. The van der Waals surface area contributed by atoms with E-state index in [1.54, 1.807) is 12.1 Å². The van der Waals surface area contributed by atoms with Crippen molar-refractivity contribution in [3.63, 3.8) is 0 Å². The molecule has 1 aliphatic carbocycles. The topological polar surface area (TPSA) is 91.7 Å². The molecule has 1 aromatic rings. The van der Waals surface area contributed by atoms with Gasteiger partial charge in [0.2, 0.25) is 0 Å². The number of nitrogens with two attached hydrogens (primary N) is 1. The van der Waals surface area contributed by atoms with Gasteiger partial charge in [-0.1, -0.05) is 6.42 Å². The molecule has 1 aromatic heterocycles. The second kappa shape index (κ2) is 6.70. The van der Waals surface area contributed by atoms with Gasteiger partial charge in [0.25, 0.3) is 0 Å². The maximum atomic E-state index is 11.3. The molecule has 2 rings (SSSR count). The molecule has 0 atom stereocenters. The number of furan rings is 1. The van der Waals surface area contributed by atoms with Crippen molar-refractivity contribution in [3.05, 3.63) is 23.7 Å². The molecule has 1 amide bonds. The zero-order valence-corrected chi connectivity index (χ0v) is 11.0. The van der Waals surface area contributed by atoms with Crippen molar-refractivity contribution in [1.82, 2.24) is 10.3 Å². The van der Waals surface area contributed by atoms with E-state index in [-0.39, 0.29) is 12.4 Å². The van der Waals surface area contributed by atoms with Crippen molar-refractivity contribution in [1.29, 1.82) is 0 Å². The summed E-state index contributed by atoms with van der Waals surface area (Å²) in [6.45, 7) is 1.71. The van der Waals surface area contributed by atoms with Gasteiger partial charge in [0, 0.05) is 19.2 Å². The van der Waals surface area contributed by atoms with Crippen LogP contribution >= 0.6 is 0 Å². The minimum Gasteiger partial charge on any atom is -0.455 e. The summed E-state index contributed by atoms with van der Waals surface area (Å²) in [7, 11) is 0. The molecule has 1 aliphatic rings. The lowest BCUT2D eigenvalue weighted by Gasteiger charge is -2.37. The zero-order chi connectivity index (χ0) is 13.7. The van der Waals surface area contributed by atoms with Gasteiger partial charge < -0.3 is 9.52 Å². The van der Waals surface area contributed by atoms with E-state index in [0.717, 1.165) is 18.7 Å². The molecule has 0 radical (unpaired) electrons. The van der Waals surface area contributed by atoms with Crippen molar-refractivity contribution in [2.24, 2.45) is 5.84 Å². The number of nitrogens with one attached hydrogen (secondary N) is 1. The number of hydrogen-bond donors (Lipinski definition) is 3. The van der Waals surface area contributed by atoms with Crippen LogP contribution in [0.1, 0.15) is 42.0 Å². The van der Waals surface area contributed by atoms with Crippen molar-refractivity contribution >= 4 is 5.91 Å². The predicted molar refractivity (Wildman–Crippen MR) is 70.1 cm³/mol. The molecule has 6 nitrogen and oxygen atoms in total. The van der Waals surface area contributed by atoms with Crippen molar-refractivity contribution < 1.29 is 14.3 Å². The standard InChI is InChI=1S/C13H21N3O3/c14-15-13(18)12-6-5-11(19-12)9-16(7-2-8-17)10-3-1-4-10/h5-6,10,17H,1-4,7-9,14H2,(H,15,18). The third-order valence-corrected chi connectivity index (χ3v) is 3.57. The Kier molecular flexibility index (Phi) is 4.95. The van der Waals surface area contributed by atoms with Gasteiger partial charge >= 0.3 is 5.91 Å². The molecule has 0 aromatic carbocycles. The number of carbonyl (C=O) groups is 1. The summed E-state index contributed by atoms with van der Waals surface area (Å²) in [5, 5.41) is 8.95. The molecule has 0 spiro atoms. The summed E-state index contributed by atoms with van der Waals surface area (Å²) in [5.41, 5.74) is 2.05. The van der Waals surface area contributed by atoms with Gasteiger partial charge in [-0.3, -0.25) is 15.1 Å². The Morgan fingerprint density at radius 3 is 2.89 bits per heavy atom. The summed E-state index contributed by atoms with van der Waals surface area (Å²) in [5.74, 6) is 5.62. The van der Waals surface area contributed by atoms with Gasteiger partial charge in [-0.15, -0.1) is 0 Å². The van der Waals surface area contributed by atoms with Gasteiger partial charge in [-0.05, 0) is 31.4 Å². The van der Waals surface area contributed by atoms with Crippen LogP contribution < -0.4 is 11.3 Å². The van der Waals surface area contributed by atoms with Crippen LogP contribution in [-0.2, 0) is 6.54 Å². The lowest BCUT2D eigenvalue weighted by atomic mass is 9.91. The largest absolute Gasteiger partial charge is 0.455 e. The first kappa shape index (κ1) is 14.0. The quantitative estimate of drug-likeness (QED) is 0.383. The number of nitrogen functional groups attached to an aromatic ring is 1. The molecule has 0 saturated heterocycles. The van der Waals surface area contributed by atoms with E-state index in [1.165, 1.54) is 19.3 Å². The number of hydrazine groups is 1. The smallest absolute Gasteiger partial charge is 0.300 e. The fraction of sp³-hybridized carbons (Fsp3) is 0.615. The van der Waals surface area contributed by atoms with Gasteiger partial charge in [0.05, 0.1) is 6.54 Å². The van der Waals surface area contributed by atoms with Crippen LogP contribution in [0, 0.1) is 0 Å². The predicted octanol–water partition coefficient (Wildman–Crippen LogP) is 0.620. The molecular weight excluding hydrogens is 246 g/mol. The number of aliphatic hydroxyl groups is 1. The minimum atomic E-state index is -0.420. The number of carbonyl (C=O) groups excluding carboxylic acids is 1. The Hall–Kier alpha value is -1.37. The van der Waals surface area contributed by atoms with Crippen LogP contribution in [0.3, 0.4) is 0 Å². The monoisotopic (exact) mass is 267 g/mol. The lowest BCUT2D eigenvalue weighted by molar-refractivity contribution is 0.0900. The van der Waals surface area contributed by atoms with Crippen LogP contribution in [0.5, 0.6) is 0 Å². The molecule has 19 heavy (non-hydrogen) atoms. The highest BCUT2D eigenvalue weighted by Gasteiger charge is 2.25. The Morgan fingerprint density at radius 1 is 1.53 bits per heavy atom. The fourth-order valence-corrected chi connectivity index (χ4v) is 2.27. The Morgan fingerprint density at radius 2 is 2.32 bits per heavy atom. The number of amides is 1. The summed E-state index contributed by atoms with van der Waals surface area (Å²) < 4.78 is 5.47. The first-order chi connectivity index (χ1) is 9.24. The molecule has 106 valence electrons. The van der Waals surface area contributed by atoms with Crippen LogP contribution in [-0.4, -0.2) is 35.1 Å². The van der Waals surface area contributed by atoms with E-state index >= 15 is 0 Å². The molecular formula is C13H21N3O3. The molecule has 1 heterocycles. The van der Waals surface area contributed by atoms with Crippen LogP contribution in [0.4, 0.5) is 0 Å². The second-order valence-electron chi connectivity index (χ2n) is 4.87. The van der Waals surface area contributed by atoms with Crippen molar-refractivity contribution in [2.45, 2.75) is 38.3 Å². The summed E-state index contributed by atoms with van der Waals surface area (Å²) in [6, 6.07) is 4.00. The number of rotatable bonds is 7. The van der Waals surface area contributed by atoms with Gasteiger partial charge in [0.1, 0.15) is 5.76 Å². The highest BCUT2D eigenvalue weighted by molar-refractivity contribution is 5.90. The maximum absolute atomic E-state index is 11.3. The highest BCUT2D eigenvalue weighted by Crippen LogP contribution is 2.26. The number of nitrogens with zero attached hydrogens (tertiary/aromatic N) is 1. The van der Waals surface area contributed by atoms with Crippen molar-refractivity contribution in [3.8, 4) is 0 Å². The average Bonchev–Trinajstić information content (AvgIpc) is 2.81. The molecule has 4 N–H and O–H groups in total. The van der Waals surface area contributed by atoms with Gasteiger partial charge in [0.15, 0.2) is 5.76 Å². The molecule has 1 saturated carbocycles. The van der Waals surface area contributed by atoms with Crippen LogP contribution in [0.25, 0.3) is 0 Å². The highest BCUT2D eigenvalue weighted by atomic mass is 16.4. The lowest BCUT2D eigenvalue weighted by Crippen LogP contribution is -2.40. The molecule has 0 aliphatic heterocycles. The van der Waals surface area contributed by atoms with E-state index < -0.39 is 5.91 Å². The molecule has 0 unspecified atom stereocenters. The Balaban J connectivity index is 1.95. The van der Waals surface area contributed by atoms with E-state index in [4.69, 9.17) is 15.4 Å². The first-order valence-corrected chi connectivity index (χ1v) is 6.69. The number of hydrogen-bond acceptors (Lipinski definition) is 5. The third kappa shape index (κ3) is 3.56. The van der Waals surface area contributed by atoms with Crippen LogP contribution in [0.2, 0.25) is 0 Å². The van der Waals surface area contributed by atoms with Crippen molar-refractivity contribution in [2.75, 3.05) is 13.2 Å². The maximum Gasteiger partial charge on any atom is 0.300 e. The van der Waals surface area contributed by atoms with E-state index in [2.05, 4.69) is 4.90 Å². The van der Waals surface area contributed by atoms with Crippen LogP contribution in [0.15, 0.2) is 16.5 Å². The second-order valence-corrected chi connectivity index (χ2v) is 4.87. The Bertz CT molecular complexity index is 415. The summed E-state index contributed by atoms with van der Waals surface area (Å²) in [4.78, 5) is 13.6. The zero-order valence-electron chi connectivity index (χ0n) is 11.0. The van der Waals surface area contributed by atoms with E-state index in [1.807, 2.05) is 5.43 Å². The first-order valence-electron chi connectivity index (χ1n) is 6.69. The average molecular weight is 267 g/mol. The number of aliphatic hydroxyl groups excluding tert-OH is 1. The van der Waals surface area contributed by atoms with Gasteiger partial charge in [-0.25, -0.2) is 5.84 Å². The van der Waals surface area contributed by atoms with Gasteiger partial charge in [-0.2, -0.15) is 0 Å². The van der Waals surface area contributed by atoms with E-state index in [9.17, 15) is 4.79 Å². The SMILES string of the molecule is NNC(=O)c1ccc(CN(CCCO)C2CCC2)o1. The third-order valence-electron chi connectivity index (χ3n) is 3.57. The minimum absolute atomic E-state index is 0.197. The molecule has 1 fully saturated rings. The summed E-state index contributed by atoms with van der Waals surface area (Å²) in [6.07, 6.45) is 4.41. The summed E-state index contributed by atoms with van der Waals surface area (Å²) >= 11 is 0. The van der Waals surface area contributed by atoms with E-state index in [0.29, 0.717) is 12.6 Å². The normalized spacial score (nSPS) is 15.5.